The van der Waals surface area contributed by atoms with Crippen molar-refractivity contribution in [3.05, 3.63) is 58.1 Å². The molecule has 0 heterocycles. The summed E-state index contributed by atoms with van der Waals surface area (Å²) in [6, 6.07) is 11.0. The SMILES string of the molecule is COc1ccc(C)cc1COc1ccc(C(=N)N)c(Cl)c1. The molecule has 4 nitrogen and oxygen atoms in total. The highest BCUT2D eigenvalue weighted by Crippen LogP contribution is 2.25. The molecule has 0 spiro atoms. The van der Waals surface area contributed by atoms with Crippen molar-refractivity contribution in [1.29, 1.82) is 5.41 Å². The highest BCUT2D eigenvalue weighted by atomic mass is 35.5. The summed E-state index contributed by atoms with van der Waals surface area (Å²) in [5.74, 6) is 1.34. The van der Waals surface area contributed by atoms with Gasteiger partial charge in [0.05, 0.1) is 12.1 Å². The molecule has 0 fully saturated rings. The zero-order valence-electron chi connectivity index (χ0n) is 11.9. The van der Waals surface area contributed by atoms with Crippen LogP contribution in [0.5, 0.6) is 11.5 Å². The van der Waals surface area contributed by atoms with Crippen LogP contribution in [-0.4, -0.2) is 12.9 Å². The fourth-order valence-electron chi connectivity index (χ4n) is 1.99. The fourth-order valence-corrected chi connectivity index (χ4v) is 2.26. The van der Waals surface area contributed by atoms with Gasteiger partial charge in [0, 0.05) is 11.1 Å². The highest BCUT2D eigenvalue weighted by molar-refractivity contribution is 6.34. The van der Waals surface area contributed by atoms with Crippen molar-refractivity contribution in [3.63, 3.8) is 0 Å². The Morgan fingerprint density at radius 2 is 2.00 bits per heavy atom. The molecule has 0 saturated heterocycles. The molecule has 0 saturated carbocycles. The molecular formula is C16H17ClN2O2. The lowest BCUT2D eigenvalue weighted by atomic mass is 10.1. The molecule has 2 rings (SSSR count). The molecule has 0 aliphatic rings. The average Bonchev–Trinajstić information content (AvgIpc) is 2.45. The van der Waals surface area contributed by atoms with E-state index >= 15 is 0 Å². The van der Waals surface area contributed by atoms with Gasteiger partial charge in [-0.25, -0.2) is 0 Å². The van der Waals surface area contributed by atoms with Crippen molar-refractivity contribution in [1.82, 2.24) is 0 Å². The van der Waals surface area contributed by atoms with Gasteiger partial charge in [0.2, 0.25) is 0 Å². The van der Waals surface area contributed by atoms with Gasteiger partial charge in [0.25, 0.3) is 0 Å². The lowest BCUT2D eigenvalue weighted by molar-refractivity contribution is 0.296. The van der Waals surface area contributed by atoms with Gasteiger partial charge in [0.15, 0.2) is 0 Å². The summed E-state index contributed by atoms with van der Waals surface area (Å²) in [5.41, 5.74) is 8.02. The molecule has 2 aromatic rings. The number of ether oxygens (including phenoxy) is 2. The third kappa shape index (κ3) is 3.67. The minimum absolute atomic E-state index is 0.0631. The second kappa shape index (κ2) is 6.50. The molecule has 0 unspecified atom stereocenters. The summed E-state index contributed by atoms with van der Waals surface area (Å²) < 4.78 is 11.0. The molecule has 21 heavy (non-hydrogen) atoms. The molecule has 0 aromatic heterocycles. The van der Waals surface area contributed by atoms with Crippen LogP contribution < -0.4 is 15.2 Å². The molecule has 5 heteroatoms. The Morgan fingerprint density at radius 1 is 1.24 bits per heavy atom. The van der Waals surface area contributed by atoms with Gasteiger partial charge in [0.1, 0.15) is 23.9 Å². The number of hydrogen-bond donors (Lipinski definition) is 2. The van der Waals surface area contributed by atoms with Gasteiger partial charge < -0.3 is 15.2 Å². The Hall–Kier alpha value is -2.20. The number of amidine groups is 1. The van der Waals surface area contributed by atoms with Gasteiger partial charge in [-0.1, -0.05) is 23.2 Å². The van der Waals surface area contributed by atoms with Crippen LogP contribution in [-0.2, 0) is 6.61 Å². The van der Waals surface area contributed by atoms with Crippen LogP contribution in [0.15, 0.2) is 36.4 Å². The normalized spacial score (nSPS) is 10.2. The first-order valence-corrected chi connectivity index (χ1v) is 6.79. The van der Waals surface area contributed by atoms with Crippen LogP contribution in [0, 0.1) is 12.3 Å². The number of rotatable bonds is 5. The van der Waals surface area contributed by atoms with E-state index in [1.807, 2.05) is 25.1 Å². The summed E-state index contributed by atoms with van der Waals surface area (Å²) in [6.07, 6.45) is 0. The molecule has 2 aromatic carbocycles. The number of nitrogens with two attached hydrogens (primary N) is 1. The number of benzene rings is 2. The van der Waals surface area contributed by atoms with Gasteiger partial charge in [-0.05, 0) is 37.3 Å². The number of nitrogen functional groups attached to an aromatic ring is 1. The van der Waals surface area contributed by atoms with E-state index in [4.69, 9.17) is 32.2 Å². The summed E-state index contributed by atoms with van der Waals surface area (Å²) >= 11 is 6.06. The van der Waals surface area contributed by atoms with E-state index in [1.165, 1.54) is 0 Å². The molecule has 0 bridgehead atoms. The zero-order valence-corrected chi connectivity index (χ0v) is 12.7. The number of hydrogen-bond acceptors (Lipinski definition) is 3. The molecule has 0 atom stereocenters. The Labute approximate surface area is 129 Å². The maximum Gasteiger partial charge on any atom is 0.125 e. The van der Waals surface area contributed by atoms with Crippen LogP contribution in [0.1, 0.15) is 16.7 Å². The van der Waals surface area contributed by atoms with Crippen molar-refractivity contribution in [2.24, 2.45) is 5.73 Å². The lowest BCUT2D eigenvalue weighted by Crippen LogP contribution is -2.11. The molecule has 3 N–H and O–H groups in total. The quantitative estimate of drug-likeness (QED) is 0.656. The topological polar surface area (TPSA) is 68.3 Å². The Bertz CT molecular complexity index is 671. The Kier molecular flexibility index (Phi) is 4.70. The first-order chi connectivity index (χ1) is 10.0. The van der Waals surface area contributed by atoms with Gasteiger partial charge in [-0.15, -0.1) is 0 Å². The summed E-state index contributed by atoms with van der Waals surface area (Å²) in [5, 5.41) is 7.80. The highest BCUT2D eigenvalue weighted by Gasteiger charge is 2.07. The van der Waals surface area contributed by atoms with E-state index in [9.17, 15) is 0 Å². The van der Waals surface area contributed by atoms with Crippen molar-refractivity contribution in [3.8, 4) is 11.5 Å². The third-order valence-corrected chi connectivity index (χ3v) is 3.37. The van der Waals surface area contributed by atoms with Crippen molar-refractivity contribution in [2.75, 3.05) is 7.11 Å². The Morgan fingerprint density at radius 3 is 2.62 bits per heavy atom. The monoisotopic (exact) mass is 304 g/mol. The maximum absolute atomic E-state index is 7.40. The van der Waals surface area contributed by atoms with Crippen LogP contribution in [0.3, 0.4) is 0 Å². The van der Waals surface area contributed by atoms with E-state index in [1.54, 1.807) is 25.3 Å². The number of halogens is 1. The van der Waals surface area contributed by atoms with E-state index in [0.717, 1.165) is 16.9 Å². The molecule has 0 amide bonds. The van der Waals surface area contributed by atoms with Crippen LogP contribution in [0.25, 0.3) is 0 Å². The van der Waals surface area contributed by atoms with Crippen LogP contribution in [0.2, 0.25) is 5.02 Å². The average molecular weight is 305 g/mol. The second-order valence-electron chi connectivity index (χ2n) is 4.66. The first kappa shape index (κ1) is 15.2. The third-order valence-electron chi connectivity index (χ3n) is 3.06. The molecule has 110 valence electrons. The summed E-state index contributed by atoms with van der Waals surface area (Å²) in [4.78, 5) is 0. The first-order valence-electron chi connectivity index (χ1n) is 6.41. The smallest absolute Gasteiger partial charge is 0.125 e. The summed E-state index contributed by atoms with van der Waals surface area (Å²) in [6.45, 7) is 2.39. The molecular weight excluding hydrogens is 288 g/mol. The predicted molar refractivity (Wildman–Crippen MR) is 84.5 cm³/mol. The van der Waals surface area contributed by atoms with E-state index in [0.29, 0.717) is 22.9 Å². The number of methoxy groups -OCH3 is 1. The van der Waals surface area contributed by atoms with Crippen LogP contribution >= 0.6 is 11.6 Å². The molecule has 0 radical (unpaired) electrons. The van der Waals surface area contributed by atoms with Crippen molar-refractivity contribution >= 4 is 17.4 Å². The van der Waals surface area contributed by atoms with Crippen molar-refractivity contribution < 1.29 is 9.47 Å². The van der Waals surface area contributed by atoms with Gasteiger partial charge >= 0.3 is 0 Å². The van der Waals surface area contributed by atoms with Crippen molar-refractivity contribution in [2.45, 2.75) is 13.5 Å². The standard InChI is InChI=1S/C16H17ClN2O2/c1-10-3-6-15(20-2)11(7-10)9-21-12-4-5-13(16(18)19)14(17)8-12/h3-8H,9H2,1-2H3,(H3,18,19). The summed E-state index contributed by atoms with van der Waals surface area (Å²) in [7, 11) is 1.63. The minimum Gasteiger partial charge on any atom is -0.496 e. The fraction of sp³-hybridized carbons (Fsp3) is 0.188. The predicted octanol–water partition coefficient (Wildman–Crippen LogP) is 3.52. The van der Waals surface area contributed by atoms with E-state index in [-0.39, 0.29) is 5.84 Å². The molecule has 0 aliphatic carbocycles. The van der Waals surface area contributed by atoms with Gasteiger partial charge in [-0.2, -0.15) is 0 Å². The largest absolute Gasteiger partial charge is 0.496 e. The van der Waals surface area contributed by atoms with Crippen LogP contribution in [0.4, 0.5) is 0 Å². The minimum atomic E-state index is -0.0631. The zero-order chi connectivity index (χ0) is 15.4. The maximum atomic E-state index is 7.40. The number of aryl methyl sites for hydroxylation is 1. The Balaban J connectivity index is 2.15. The molecule has 0 aliphatic heterocycles. The second-order valence-corrected chi connectivity index (χ2v) is 5.07. The number of nitrogens with one attached hydrogen (secondary N) is 1. The van der Waals surface area contributed by atoms with E-state index in [2.05, 4.69) is 0 Å². The lowest BCUT2D eigenvalue weighted by Gasteiger charge is -2.12. The van der Waals surface area contributed by atoms with Gasteiger partial charge in [-0.3, -0.25) is 5.41 Å². The van der Waals surface area contributed by atoms with E-state index < -0.39 is 0 Å².